The highest BCUT2D eigenvalue weighted by molar-refractivity contribution is 9.10. The van der Waals surface area contributed by atoms with Crippen molar-refractivity contribution in [1.82, 2.24) is 15.3 Å². The Hall–Kier alpha value is -1.13. The first-order valence-electron chi connectivity index (χ1n) is 6.28. The van der Waals surface area contributed by atoms with Crippen molar-refractivity contribution in [2.24, 2.45) is 0 Å². The molecule has 0 saturated heterocycles. The fourth-order valence-corrected chi connectivity index (χ4v) is 2.52. The number of nitrogens with zero attached hydrogens (tertiary/aromatic N) is 1. The fraction of sp³-hybridized carbons (Fsp3) is 0.357. The van der Waals surface area contributed by atoms with Crippen molar-refractivity contribution in [1.29, 1.82) is 0 Å². The number of aryl methyl sites for hydroxylation is 1. The van der Waals surface area contributed by atoms with Crippen LogP contribution in [-0.2, 0) is 6.54 Å². The Morgan fingerprint density at radius 1 is 1.39 bits per heavy atom. The van der Waals surface area contributed by atoms with E-state index in [1.165, 1.54) is 12.8 Å². The Labute approximate surface area is 115 Å². The lowest BCUT2D eigenvalue weighted by molar-refractivity contribution is 0.663. The second kappa shape index (κ2) is 4.86. The summed E-state index contributed by atoms with van der Waals surface area (Å²) < 4.78 is 1.08. The maximum atomic E-state index is 4.69. The van der Waals surface area contributed by atoms with E-state index in [1.54, 1.807) is 0 Å². The van der Waals surface area contributed by atoms with Gasteiger partial charge in [0.25, 0.3) is 0 Å². The van der Waals surface area contributed by atoms with Gasteiger partial charge in [-0.25, -0.2) is 4.98 Å². The Morgan fingerprint density at radius 2 is 2.17 bits per heavy atom. The summed E-state index contributed by atoms with van der Waals surface area (Å²) in [4.78, 5) is 8.05. The van der Waals surface area contributed by atoms with Crippen LogP contribution in [0.2, 0.25) is 0 Å². The zero-order chi connectivity index (χ0) is 12.5. The van der Waals surface area contributed by atoms with Gasteiger partial charge in [0.1, 0.15) is 5.82 Å². The molecule has 18 heavy (non-hydrogen) atoms. The molecule has 1 aliphatic carbocycles. The Kier molecular flexibility index (Phi) is 3.22. The van der Waals surface area contributed by atoms with Gasteiger partial charge in [-0.15, -0.1) is 0 Å². The van der Waals surface area contributed by atoms with Crippen LogP contribution in [0.5, 0.6) is 0 Å². The summed E-state index contributed by atoms with van der Waals surface area (Å²) in [5, 5.41) is 3.47. The maximum absolute atomic E-state index is 4.69. The quantitative estimate of drug-likeness (QED) is 0.909. The molecular formula is C14H16BrN3. The third-order valence-electron chi connectivity index (χ3n) is 3.20. The number of H-pyrrole nitrogens is 1. The topological polar surface area (TPSA) is 40.7 Å². The molecule has 2 N–H and O–H groups in total. The molecule has 0 spiro atoms. The summed E-state index contributed by atoms with van der Waals surface area (Å²) >= 11 is 3.58. The van der Waals surface area contributed by atoms with Crippen LogP contribution in [0.4, 0.5) is 0 Å². The summed E-state index contributed by atoms with van der Waals surface area (Å²) in [6.07, 6.45) is 2.60. The first-order chi connectivity index (χ1) is 8.74. The molecular weight excluding hydrogens is 290 g/mol. The highest BCUT2D eigenvalue weighted by Crippen LogP contribution is 2.29. The van der Waals surface area contributed by atoms with Crippen molar-refractivity contribution >= 4 is 15.9 Å². The summed E-state index contributed by atoms with van der Waals surface area (Å²) in [6, 6.07) is 8.90. The molecule has 4 heteroatoms. The molecule has 3 nitrogen and oxygen atoms in total. The van der Waals surface area contributed by atoms with E-state index < -0.39 is 0 Å². The smallest absolute Gasteiger partial charge is 0.121 e. The highest BCUT2D eigenvalue weighted by atomic mass is 79.9. The number of benzene rings is 1. The molecule has 94 valence electrons. The summed E-state index contributed by atoms with van der Waals surface area (Å²) in [5.74, 6) is 1.02. The Balaban J connectivity index is 1.85. The molecule has 1 fully saturated rings. The molecule has 0 atom stereocenters. The second-order valence-electron chi connectivity index (χ2n) is 4.79. The zero-order valence-electron chi connectivity index (χ0n) is 10.3. The number of hydrogen-bond acceptors (Lipinski definition) is 2. The van der Waals surface area contributed by atoms with Crippen LogP contribution in [0.1, 0.15) is 24.4 Å². The van der Waals surface area contributed by atoms with Gasteiger partial charge in [0, 0.05) is 21.8 Å². The molecule has 0 aliphatic heterocycles. The van der Waals surface area contributed by atoms with Crippen molar-refractivity contribution < 1.29 is 0 Å². The van der Waals surface area contributed by atoms with Crippen LogP contribution in [-0.4, -0.2) is 16.0 Å². The Morgan fingerprint density at radius 3 is 2.89 bits per heavy atom. The standard InChI is InChI=1S/C14H16BrN3/c1-9-14(11-4-2-3-5-12(11)15)18-13(17-9)8-16-10-6-7-10/h2-5,10,16H,6-8H2,1H3,(H,17,18). The minimum Gasteiger partial charge on any atom is -0.344 e. The van der Waals surface area contributed by atoms with Crippen LogP contribution in [0, 0.1) is 6.92 Å². The van der Waals surface area contributed by atoms with E-state index in [2.05, 4.69) is 39.2 Å². The number of aromatic amines is 1. The molecule has 1 aromatic heterocycles. The SMILES string of the molecule is Cc1[nH]c(CNC2CC2)nc1-c1ccccc1Br. The fourth-order valence-electron chi connectivity index (χ4n) is 2.05. The average Bonchev–Trinajstić information content (AvgIpc) is 3.11. The van der Waals surface area contributed by atoms with E-state index in [0.717, 1.165) is 33.8 Å². The van der Waals surface area contributed by atoms with E-state index in [4.69, 9.17) is 4.98 Å². The van der Waals surface area contributed by atoms with Crippen molar-refractivity contribution in [2.45, 2.75) is 32.4 Å². The molecule has 1 heterocycles. The largest absolute Gasteiger partial charge is 0.344 e. The number of rotatable bonds is 4. The molecule has 3 rings (SSSR count). The minimum atomic E-state index is 0.710. The summed E-state index contributed by atoms with van der Waals surface area (Å²) in [6.45, 7) is 2.90. The lowest BCUT2D eigenvalue weighted by Crippen LogP contribution is -2.16. The first-order valence-corrected chi connectivity index (χ1v) is 7.07. The third kappa shape index (κ3) is 2.49. The molecule has 0 bridgehead atoms. The van der Waals surface area contributed by atoms with Crippen LogP contribution in [0.25, 0.3) is 11.3 Å². The number of imidazole rings is 1. The monoisotopic (exact) mass is 305 g/mol. The first kappa shape index (κ1) is 11.9. The minimum absolute atomic E-state index is 0.710. The van der Waals surface area contributed by atoms with Gasteiger partial charge >= 0.3 is 0 Å². The summed E-state index contributed by atoms with van der Waals surface area (Å²) in [7, 11) is 0. The second-order valence-corrected chi connectivity index (χ2v) is 5.65. The molecule has 0 radical (unpaired) electrons. The molecule has 0 unspecified atom stereocenters. The van der Waals surface area contributed by atoms with E-state index in [1.807, 2.05) is 18.2 Å². The number of nitrogens with one attached hydrogen (secondary N) is 2. The number of hydrogen-bond donors (Lipinski definition) is 2. The lowest BCUT2D eigenvalue weighted by Gasteiger charge is -2.01. The maximum Gasteiger partial charge on any atom is 0.121 e. The van der Waals surface area contributed by atoms with Gasteiger partial charge in [0.05, 0.1) is 12.2 Å². The summed E-state index contributed by atoms with van der Waals surface area (Å²) in [5.41, 5.74) is 3.30. The van der Waals surface area contributed by atoms with Crippen LogP contribution >= 0.6 is 15.9 Å². The van der Waals surface area contributed by atoms with Crippen LogP contribution < -0.4 is 5.32 Å². The van der Waals surface area contributed by atoms with Crippen molar-refractivity contribution in [3.63, 3.8) is 0 Å². The van der Waals surface area contributed by atoms with E-state index in [-0.39, 0.29) is 0 Å². The Bertz CT molecular complexity index is 558. The molecule has 2 aromatic rings. The molecule has 1 saturated carbocycles. The lowest BCUT2D eigenvalue weighted by atomic mass is 10.1. The molecule has 1 aromatic carbocycles. The predicted octanol–water partition coefficient (Wildman–Crippen LogP) is 3.40. The van der Waals surface area contributed by atoms with Gasteiger partial charge in [0.2, 0.25) is 0 Å². The zero-order valence-corrected chi connectivity index (χ0v) is 11.9. The third-order valence-corrected chi connectivity index (χ3v) is 3.89. The van der Waals surface area contributed by atoms with Crippen LogP contribution in [0.3, 0.4) is 0 Å². The van der Waals surface area contributed by atoms with Gasteiger partial charge in [-0.3, -0.25) is 0 Å². The van der Waals surface area contributed by atoms with E-state index in [0.29, 0.717) is 6.04 Å². The molecule has 0 amide bonds. The van der Waals surface area contributed by atoms with E-state index in [9.17, 15) is 0 Å². The van der Waals surface area contributed by atoms with Gasteiger partial charge in [0.15, 0.2) is 0 Å². The number of halogens is 1. The van der Waals surface area contributed by atoms with Gasteiger partial charge in [-0.2, -0.15) is 0 Å². The van der Waals surface area contributed by atoms with Crippen molar-refractivity contribution in [2.75, 3.05) is 0 Å². The van der Waals surface area contributed by atoms with Gasteiger partial charge in [-0.05, 0) is 25.8 Å². The van der Waals surface area contributed by atoms with Gasteiger partial charge in [-0.1, -0.05) is 34.1 Å². The van der Waals surface area contributed by atoms with Crippen LogP contribution in [0.15, 0.2) is 28.7 Å². The number of aromatic nitrogens is 2. The van der Waals surface area contributed by atoms with Gasteiger partial charge < -0.3 is 10.3 Å². The predicted molar refractivity (Wildman–Crippen MR) is 76.3 cm³/mol. The highest BCUT2D eigenvalue weighted by Gasteiger charge is 2.21. The normalized spacial score (nSPS) is 15.0. The average molecular weight is 306 g/mol. The van der Waals surface area contributed by atoms with Crippen molar-refractivity contribution in [3.8, 4) is 11.3 Å². The van der Waals surface area contributed by atoms with E-state index >= 15 is 0 Å². The molecule has 1 aliphatic rings. The van der Waals surface area contributed by atoms with Crippen molar-refractivity contribution in [3.05, 3.63) is 40.3 Å².